The van der Waals surface area contributed by atoms with Gasteiger partial charge in [-0.1, -0.05) is 0 Å². The van der Waals surface area contributed by atoms with Gasteiger partial charge >= 0.3 is 5.97 Å². The molecule has 1 aromatic rings. The number of alkyl halides is 1. The van der Waals surface area contributed by atoms with Gasteiger partial charge in [0.15, 0.2) is 0 Å². The van der Waals surface area contributed by atoms with Gasteiger partial charge in [-0.15, -0.1) is 11.8 Å². The number of β-lactam (4-membered cyclic amide) rings is 1. The van der Waals surface area contributed by atoms with Crippen LogP contribution in [0.3, 0.4) is 0 Å². The lowest BCUT2D eigenvalue weighted by atomic mass is 9.77. The first kappa shape index (κ1) is 23.7. The van der Waals surface area contributed by atoms with E-state index >= 15 is 0 Å². The molecule has 2 unspecified atom stereocenters. The number of benzene rings is 1. The number of nitro groups is 1. The highest BCUT2D eigenvalue weighted by Crippen LogP contribution is 2.50. The van der Waals surface area contributed by atoms with E-state index in [0.717, 1.165) is 0 Å². The van der Waals surface area contributed by atoms with E-state index in [-0.39, 0.29) is 23.9 Å². The van der Waals surface area contributed by atoms with Gasteiger partial charge in [-0.2, -0.15) is 0 Å². The number of nitro benzene ring substituents is 1. The van der Waals surface area contributed by atoms with Crippen LogP contribution in [0.5, 0.6) is 0 Å². The predicted octanol–water partition coefficient (Wildman–Crippen LogP) is 2.70. The number of hydrogen-bond acceptors (Lipinski definition) is 7. The number of halogens is 1. The van der Waals surface area contributed by atoms with Crippen molar-refractivity contribution in [3.8, 4) is 0 Å². The number of ether oxygens (including phenoxy) is 1. The van der Waals surface area contributed by atoms with Crippen molar-refractivity contribution in [2.45, 2.75) is 45.5 Å². The number of carbonyl (C=O) groups is 3. The molecule has 0 bridgehead atoms. The molecule has 1 aromatic carbocycles. The van der Waals surface area contributed by atoms with Crippen LogP contribution >= 0.6 is 11.8 Å². The summed E-state index contributed by atoms with van der Waals surface area (Å²) in [5.41, 5.74) is -1.14. The number of nitrogens with zero attached hydrogens (tertiary/aromatic N) is 2. The van der Waals surface area contributed by atoms with Crippen molar-refractivity contribution in [2.24, 2.45) is 5.92 Å². The van der Waals surface area contributed by atoms with Crippen LogP contribution in [0.2, 0.25) is 0 Å². The van der Waals surface area contributed by atoms with Gasteiger partial charge in [0.05, 0.1) is 16.9 Å². The highest BCUT2D eigenvalue weighted by atomic mass is 32.2. The lowest BCUT2D eigenvalue weighted by molar-refractivity contribution is -0.384. The van der Waals surface area contributed by atoms with Crippen LogP contribution in [-0.2, 0) is 25.7 Å². The molecule has 1 N–H and O–H groups in total. The molecule has 0 saturated carbocycles. The van der Waals surface area contributed by atoms with Crippen molar-refractivity contribution < 1.29 is 28.4 Å². The summed E-state index contributed by atoms with van der Waals surface area (Å²) in [5, 5.41) is 13.4. The van der Waals surface area contributed by atoms with Crippen LogP contribution in [-0.4, -0.2) is 51.6 Å². The molecule has 32 heavy (non-hydrogen) atoms. The minimum Gasteiger partial charge on any atom is -0.456 e. The quantitative estimate of drug-likeness (QED) is 0.196. The maximum absolute atomic E-state index is 14.5. The Bertz CT molecular complexity index is 973. The lowest BCUT2D eigenvalue weighted by Gasteiger charge is -2.47. The number of fused-ring (bicyclic) bond motifs is 1. The molecule has 2 aliphatic rings. The minimum atomic E-state index is -1.72. The molecule has 1 saturated heterocycles. The van der Waals surface area contributed by atoms with E-state index in [1.54, 1.807) is 0 Å². The first-order valence-corrected chi connectivity index (χ1v) is 11.0. The van der Waals surface area contributed by atoms with Crippen molar-refractivity contribution in [1.29, 1.82) is 0 Å². The molecule has 2 aliphatic heterocycles. The van der Waals surface area contributed by atoms with Gasteiger partial charge in [-0.05, 0) is 31.5 Å². The maximum Gasteiger partial charge on any atom is 0.356 e. The number of thioether (sulfide) groups is 1. The van der Waals surface area contributed by atoms with E-state index in [2.05, 4.69) is 5.32 Å². The number of nitrogens with one attached hydrogen (secondary N) is 1. The van der Waals surface area contributed by atoms with Gasteiger partial charge in [0, 0.05) is 42.7 Å². The van der Waals surface area contributed by atoms with Crippen molar-refractivity contribution in [3.05, 3.63) is 50.5 Å². The fraction of sp³-hybridized carbons (Fsp3) is 0.476. The lowest BCUT2D eigenvalue weighted by Crippen LogP contribution is -2.64. The summed E-state index contributed by atoms with van der Waals surface area (Å²) in [7, 11) is 0. The number of hydrogen-bond donors (Lipinski definition) is 1. The fourth-order valence-corrected chi connectivity index (χ4v) is 4.93. The van der Waals surface area contributed by atoms with Crippen LogP contribution in [0.25, 0.3) is 0 Å². The molecule has 0 radical (unpaired) electrons. The van der Waals surface area contributed by atoms with Crippen molar-refractivity contribution in [3.63, 3.8) is 0 Å². The van der Waals surface area contributed by atoms with E-state index in [1.807, 2.05) is 0 Å². The zero-order valence-corrected chi connectivity index (χ0v) is 18.7. The Balaban J connectivity index is 1.72. The molecule has 3 rings (SSSR count). The van der Waals surface area contributed by atoms with Crippen LogP contribution < -0.4 is 5.32 Å². The molecule has 0 aliphatic carbocycles. The monoisotopic (exact) mass is 465 g/mol. The molecule has 11 heteroatoms. The topological polar surface area (TPSA) is 119 Å². The van der Waals surface area contributed by atoms with Crippen molar-refractivity contribution in [1.82, 2.24) is 10.2 Å². The van der Waals surface area contributed by atoms with Gasteiger partial charge in [0.1, 0.15) is 18.0 Å². The Kier molecular flexibility index (Phi) is 6.87. The van der Waals surface area contributed by atoms with E-state index in [4.69, 9.17) is 4.74 Å². The fourth-order valence-electron chi connectivity index (χ4n) is 3.87. The Labute approximate surface area is 188 Å². The van der Waals surface area contributed by atoms with Crippen LogP contribution in [0.1, 0.15) is 32.8 Å². The SMILES string of the molecule is CC(=O)NCCSC1=C(C(=O)OCc2ccc([N+](=O)[O-])cc2)N2C(=O)C(C(C)(C)F)C2C1. The van der Waals surface area contributed by atoms with Gasteiger partial charge in [0.2, 0.25) is 11.8 Å². The average Bonchev–Trinajstić information content (AvgIpc) is 3.02. The second-order valence-electron chi connectivity index (χ2n) is 8.12. The second-order valence-corrected chi connectivity index (χ2v) is 9.31. The standard InChI is InChI=1S/C21H24FN3O6S/c1-12(26)23-8-9-32-16-10-15-17(21(2,3)22)19(27)24(15)18(16)20(28)31-11-13-4-6-14(7-5-13)25(29)30/h4-7,15,17H,8-11H2,1-3H3,(H,23,26). The van der Waals surface area contributed by atoms with Crippen LogP contribution in [0, 0.1) is 16.0 Å². The number of non-ortho nitro benzene ring substituents is 1. The molecular weight excluding hydrogens is 441 g/mol. The third kappa shape index (κ3) is 4.93. The maximum atomic E-state index is 14.5. The molecule has 9 nitrogen and oxygen atoms in total. The van der Waals surface area contributed by atoms with E-state index in [0.29, 0.717) is 29.2 Å². The van der Waals surface area contributed by atoms with E-state index < -0.39 is 34.4 Å². The Hall–Kier alpha value is -2.95. The first-order chi connectivity index (χ1) is 15.0. The zero-order chi connectivity index (χ0) is 23.6. The van der Waals surface area contributed by atoms with E-state index in [9.17, 15) is 28.9 Å². The molecule has 2 amide bonds. The van der Waals surface area contributed by atoms with Crippen LogP contribution in [0.4, 0.5) is 10.1 Å². The summed E-state index contributed by atoms with van der Waals surface area (Å²) in [5.74, 6) is -1.70. The summed E-state index contributed by atoms with van der Waals surface area (Å²) in [6.45, 7) is 4.35. The van der Waals surface area contributed by atoms with Crippen molar-refractivity contribution in [2.75, 3.05) is 12.3 Å². The highest BCUT2D eigenvalue weighted by Gasteiger charge is 2.60. The minimum absolute atomic E-state index is 0.0784. The van der Waals surface area contributed by atoms with Gasteiger partial charge < -0.3 is 15.0 Å². The number of rotatable bonds is 9. The predicted molar refractivity (Wildman–Crippen MR) is 115 cm³/mol. The normalized spacial score (nSPS) is 20.0. The third-order valence-electron chi connectivity index (χ3n) is 5.32. The molecule has 0 spiro atoms. The summed E-state index contributed by atoms with van der Waals surface area (Å²) < 4.78 is 19.9. The first-order valence-electron chi connectivity index (χ1n) is 10.0. The highest BCUT2D eigenvalue weighted by molar-refractivity contribution is 8.03. The molecule has 1 fully saturated rings. The third-order valence-corrected chi connectivity index (χ3v) is 6.44. The summed E-state index contributed by atoms with van der Waals surface area (Å²) in [4.78, 5) is 48.8. The number of amides is 2. The average molecular weight is 466 g/mol. The molecule has 2 heterocycles. The van der Waals surface area contributed by atoms with Gasteiger partial charge in [0.25, 0.3) is 5.69 Å². The molecule has 172 valence electrons. The van der Waals surface area contributed by atoms with E-state index in [1.165, 1.54) is 61.7 Å². The molecular formula is C21H24FN3O6S. The Morgan fingerprint density at radius 1 is 1.34 bits per heavy atom. The number of carbonyl (C=O) groups excluding carboxylic acids is 3. The Morgan fingerprint density at radius 2 is 2.00 bits per heavy atom. The largest absolute Gasteiger partial charge is 0.456 e. The molecule has 0 aromatic heterocycles. The number of esters is 1. The smallest absolute Gasteiger partial charge is 0.356 e. The summed E-state index contributed by atoms with van der Waals surface area (Å²) in [6, 6.07) is 5.13. The van der Waals surface area contributed by atoms with Crippen molar-refractivity contribution >= 4 is 35.2 Å². The van der Waals surface area contributed by atoms with Gasteiger partial charge in [-0.3, -0.25) is 19.7 Å². The summed E-state index contributed by atoms with van der Waals surface area (Å²) in [6.07, 6.45) is 0.344. The second kappa shape index (κ2) is 9.27. The zero-order valence-electron chi connectivity index (χ0n) is 17.9. The Morgan fingerprint density at radius 3 is 2.56 bits per heavy atom. The van der Waals surface area contributed by atoms with Gasteiger partial charge in [-0.25, -0.2) is 9.18 Å². The summed E-state index contributed by atoms with van der Waals surface area (Å²) >= 11 is 1.32. The molecule has 2 atom stereocenters. The van der Waals surface area contributed by atoms with Crippen LogP contribution in [0.15, 0.2) is 34.9 Å².